The van der Waals surface area contributed by atoms with Crippen LogP contribution in [0.4, 0.5) is 0 Å². The molecule has 0 aromatic carbocycles. The summed E-state index contributed by atoms with van der Waals surface area (Å²) in [4.78, 5) is 10.6. The minimum absolute atomic E-state index is 0.0247. The lowest BCUT2D eigenvalue weighted by Crippen LogP contribution is -2.42. The highest BCUT2D eigenvalue weighted by atomic mass is 35.5. The standard InChI is InChI=1S/C6H4Cl2N3O2/c7-4-2-1-3-6(8,11(12)13)5(4)10-9/h1-3,5H/q+1. The number of nitro groups is 1. The number of alkyl halides is 1. The van der Waals surface area contributed by atoms with Crippen LogP contribution >= 0.6 is 23.2 Å². The van der Waals surface area contributed by atoms with Crippen molar-refractivity contribution in [3.63, 3.8) is 0 Å². The second kappa shape index (κ2) is 3.32. The SMILES string of the molecule is N#[N+]C1C(Cl)=CC=CC1(Cl)[N+](=O)[O-]. The third-order valence-electron chi connectivity index (χ3n) is 1.63. The van der Waals surface area contributed by atoms with Crippen molar-refractivity contribution >= 4 is 23.2 Å². The Morgan fingerprint density at radius 3 is 2.77 bits per heavy atom. The fraction of sp³-hybridized carbons (Fsp3) is 0.333. The van der Waals surface area contributed by atoms with Gasteiger partial charge in [-0.1, -0.05) is 17.7 Å². The summed E-state index contributed by atoms with van der Waals surface area (Å²) in [6.45, 7) is 0. The summed E-state index contributed by atoms with van der Waals surface area (Å²) in [5.41, 5.74) is 0. The molecule has 0 radical (unpaired) electrons. The van der Waals surface area contributed by atoms with Crippen molar-refractivity contribution < 1.29 is 4.92 Å². The van der Waals surface area contributed by atoms with E-state index >= 15 is 0 Å². The third kappa shape index (κ3) is 1.50. The van der Waals surface area contributed by atoms with Crippen molar-refractivity contribution in [1.82, 2.24) is 0 Å². The number of allylic oxidation sites excluding steroid dienone is 2. The molecule has 2 unspecified atom stereocenters. The predicted octanol–water partition coefficient (Wildman–Crippen LogP) is 2.11. The molecule has 2 atom stereocenters. The van der Waals surface area contributed by atoms with E-state index in [0.29, 0.717) is 0 Å². The van der Waals surface area contributed by atoms with E-state index in [9.17, 15) is 10.1 Å². The van der Waals surface area contributed by atoms with E-state index in [4.69, 9.17) is 28.6 Å². The van der Waals surface area contributed by atoms with Gasteiger partial charge in [-0.05, 0) is 17.7 Å². The van der Waals surface area contributed by atoms with E-state index in [-0.39, 0.29) is 5.03 Å². The minimum atomic E-state index is -1.99. The molecule has 0 aromatic rings. The van der Waals surface area contributed by atoms with Crippen LogP contribution < -0.4 is 0 Å². The molecule has 0 heterocycles. The molecule has 1 rings (SSSR count). The third-order valence-corrected chi connectivity index (χ3v) is 2.43. The minimum Gasteiger partial charge on any atom is -0.262 e. The predicted molar refractivity (Wildman–Crippen MR) is 47.5 cm³/mol. The summed E-state index contributed by atoms with van der Waals surface area (Å²) in [6.07, 6.45) is 3.85. The Balaban J connectivity index is 3.15. The van der Waals surface area contributed by atoms with Gasteiger partial charge in [-0.3, -0.25) is 10.1 Å². The Morgan fingerprint density at radius 1 is 1.77 bits per heavy atom. The average Bonchev–Trinajstić information content (AvgIpc) is 2.04. The highest BCUT2D eigenvalue weighted by Gasteiger charge is 2.59. The fourth-order valence-corrected chi connectivity index (χ4v) is 1.52. The van der Waals surface area contributed by atoms with E-state index in [1.165, 1.54) is 12.2 Å². The Morgan fingerprint density at radius 2 is 2.38 bits per heavy atom. The van der Waals surface area contributed by atoms with Crippen LogP contribution in [0.3, 0.4) is 0 Å². The van der Waals surface area contributed by atoms with Gasteiger partial charge < -0.3 is 0 Å². The summed E-state index contributed by atoms with van der Waals surface area (Å²) >= 11 is 11.2. The number of halogens is 2. The van der Waals surface area contributed by atoms with Gasteiger partial charge in [-0.2, -0.15) is 0 Å². The normalized spacial score (nSPS) is 32.1. The summed E-state index contributed by atoms with van der Waals surface area (Å²) in [5, 5.41) is 19.1. The van der Waals surface area contributed by atoms with Crippen LogP contribution in [0.5, 0.6) is 0 Å². The first-order valence-electron chi connectivity index (χ1n) is 3.25. The smallest absolute Gasteiger partial charge is 0.262 e. The second-order valence-corrected chi connectivity index (χ2v) is 3.46. The number of hydrogen-bond acceptors (Lipinski definition) is 3. The Kier molecular flexibility index (Phi) is 2.55. The largest absolute Gasteiger partial charge is 0.435 e. The number of nitrogens with zero attached hydrogens (tertiary/aromatic N) is 3. The summed E-state index contributed by atoms with van der Waals surface area (Å²) in [5.74, 6) is 0. The van der Waals surface area contributed by atoms with Crippen LogP contribution in [-0.2, 0) is 0 Å². The quantitative estimate of drug-likeness (QED) is 0.224. The molecule has 0 N–H and O–H groups in total. The van der Waals surface area contributed by atoms with Gasteiger partial charge in [-0.25, -0.2) is 0 Å². The highest BCUT2D eigenvalue weighted by Crippen LogP contribution is 2.34. The van der Waals surface area contributed by atoms with E-state index in [2.05, 4.69) is 4.98 Å². The van der Waals surface area contributed by atoms with Crippen LogP contribution in [0.25, 0.3) is 4.98 Å². The maximum Gasteiger partial charge on any atom is 0.435 e. The molecule has 0 spiro atoms. The first-order valence-corrected chi connectivity index (χ1v) is 4.00. The monoisotopic (exact) mass is 220 g/mol. The van der Waals surface area contributed by atoms with Gasteiger partial charge in [0.05, 0.1) is 4.92 Å². The van der Waals surface area contributed by atoms with Crippen molar-refractivity contribution in [3.05, 3.63) is 38.4 Å². The molecule has 0 saturated heterocycles. The van der Waals surface area contributed by atoms with Crippen LogP contribution in [0.2, 0.25) is 0 Å². The topological polar surface area (TPSA) is 71.3 Å². The van der Waals surface area contributed by atoms with Crippen molar-refractivity contribution in [2.75, 3.05) is 0 Å². The van der Waals surface area contributed by atoms with E-state index in [1.54, 1.807) is 0 Å². The molecule has 0 fully saturated rings. The zero-order valence-electron chi connectivity index (χ0n) is 6.22. The van der Waals surface area contributed by atoms with Gasteiger partial charge in [-0.15, -0.1) is 0 Å². The van der Waals surface area contributed by atoms with Gasteiger partial charge in [0.15, 0.2) is 0 Å². The van der Waals surface area contributed by atoms with Gasteiger partial charge in [0.1, 0.15) is 10.0 Å². The van der Waals surface area contributed by atoms with Crippen LogP contribution in [0.15, 0.2) is 23.3 Å². The molecule has 13 heavy (non-hydrogen) atoms. The molecular formula is C6H4Cl2N3O2+. The Bertz CT molecular complexity index is 346. The first-order chi connectivity index (χ1) is 6.02. The van der Waals surface area contributed by atoms with Gasteiger partial charge in [0.2, 0.25) is 5.39 Å². The lowest BCUT2D eigenvalue weighted by Gasteiger charge is -2.13. The van der Waals surface area contributed by atoms with Crippen molar-refractivity contribution in [2.24, 2.45) is 0 Å². The van der Waals surface area contributed by atoms with E-state index in [0.717, 1.165) is 6.08 Å². The molecule has 7 heteroatoms. The Labute approximate surface area is 83.4 Å². The Hall–Kier alpha value is -1.12. The molecule has 1 aliphatic rings. The maximum absolute atomic E-state index is 10.6. The fourth-order valence-electron chi connectivity index (χ4n) is 0.948. The number of diazo groups is 1. The first kappa shape index (κ1) is 9.96. The van der Waals surface area contributed by atoms with Crippen molar-refractivity contribution in [2.45, 2.75) is 11.0 Å². The average molecular weight is 221 g/mol. The van der Waals surface area contributed by atoms with Crippen LogP contribution in [0, 0.1) is 15.5 Å². The zero-order chi connectivity index (χ0) is 10.1. The molecule has 0 bridgehead atoms. The van der Waals surface area contributed by atoms with Gasteiger partial charge >= 0.3 is 11.0 Å². The zero-order valence-corrected chi connectivity index (χ0v) is 7.74. The van der Waals surface area contributed by atoms with Crippen LogP contribution in [-0.4, -0.2) is 16.0 Å². The lowest BCUT2D eigenvalue weighted by molar-refractivity contribution is -0.528. The molecular weight excluding hydrogens is 217 g/mol. The van der Waals surface area contributed by atoms with Crippen molar-refractivity contribution in [3.8, 4) is 0 Å². The van der Waals surface area contributed by atoms with E-state index in [1.807, 2.05) is 0 Å². The molecule has 1 aliphatic carbocycles. The van der Waals surface area contributed by atoms with Gasteiger partial charge in [0.25, 0.3) is 0 Å². The highest BCUT2D eigenvalue weighted by molar-refractivity contribution is 6.33. The van der Waals surface area contributed by atoms with Crippen molar-refractivity contribution in [1.29, 1.82) is 5.39 Å². The second-order valence-electron chi connectivity index (χ2n) is 2.41. The molecule has 0 amide bonds. The van der Waals surface area contributed by atoms with Crippen LogP contribution in [0.1, 0.15) is 0 Å². The number of hydrogen-bond donors (Lipinski definition) is 0. The molecule has 5 nitrogen and oxygen atoms in total. The molecule has 68 valence electrons. The summed E-state index contributed by atoms with van der Waals surface area (Å²) < 4.78 is 0. The van der Waals surface area contributed by atoms with Gasteiger partial charge in [0, 0.05) is 6.08 Å². The lowest BCUT2D eigenvalue weighted by atomic mass is 10.0. The molecule has 0 aliphatic heterocycles. The van der Waals surface area contributed by atoms with E-state index < -0.39 is 16.0 Å². The summed E-state index contributed by atoms with van der Waals surface area (Å²) in [7, 11) is 0. The summed E-state index contributed by atoms with van der Waals surface area (Å²) in [6, 6.07) is -1.25. The molecule has 0 aromatic heterocycles. The molecule has 0 saturated carbocycles. The maximum atomic E-state index is 10.6. The number of rotatable bonds is 1.